The average Bonchev–Trinajstić information content (AvgIpc) is 3.45. The molecule has 1 aliphatic rings. The summed E-state index contributed by atoms with van der Waals surface area (Å²) in [7, 11) is 0. The Morgan fingerprint density at radius 2 is 1.76 bits per heavy atom. The Kier molecular flexibility index (Phi) is 5.56. The van der Waals surface area contributed by atoms with Crippen molar-refractivity contribution in [1.82, 2.24) is 20.0 Å². The minimum Gasteiger partial charge on any atom is -0.347 e. The van der Waals surface area contributed by atoms with E-state index in [0.29, 0.717) is 12.2 Å². The van der Waals surface area contributed by atoms with Crippen LogP contribution in [-0.4, -0.2) is 39.7 Å². The molecule has 1 aliphatic heterocycles. The van der Waals surface area contributed by atoms with E-state index in [1.165, 1.54) is 0 Å². The van der Waals surface area contributed by atoms with Crippen molar-refractivity contribution in [2.75, 3.05) is 18.4 Å². The van der Waals surface area contributed by atoms with Crippen LogP contribution in [0.1, 0.15) is 28.9 Å². The number of hydrogen-bond acceptors (Lipinski definition) is 3. The number of likely N-dealkylation sites (tertiary alicyclic amines) is 1. The monoisotopic (exact) mass is 389 g/mol. The van der Waals surface area contributed by atoms with E-state index >= 15 is 0 Å². The summed E-state index contributed by atoms with van der Waals surface area (Å²) in [6.07, 6.45) is 3.87. The van der Waals surface area contributed by atoms with E-state index in [1.54, 1.807) is 16.9 Å². The standard InChI is InChI=1S/C22H23N5O2/c28-21(20-11-14-27(25-20)19-9-2-1-3-10-19)23-16-17-7-6-8-18(15-17)24-22(29)26-12-4-5-13-26/h1-3,6-11,14-15H,4-5,12-13,16H2,(H,23,28)(H,24,29). The predicted molar refractivity (Wildman–Crippen MR) is 111 cm³/mol. The molecule has 2 aromatic carbocycles. The normalized spacial score (nSPS) is 13.3. The minimum absolute atomic E-state index is 0.0739. The Balaban J connectivity index is 1.35. The van der Waals surface area contributed by atoms with Gasteiger partial charge in [0.25, 0.3) is 5.91 Å². The van der Waals surface area contributed by atoms with Gasteiger partial charge in [-0.15, -0.1) is 0 Å². The predicted octanol–water partition coefficient (Wildman–Crippen LogP) is 3.43. The number of nitrogens with one attached hydrogen (secondary N) is 2. The summed E-state index contributed by atoms with van der Waals surface area (Å²) >= 11 is 0. The Morgan fingerprint density at radius 1 is 0.966 bits per heavy atom. The van der Waals surface area contributed by atoms with Crippen LogP contribution < -0.4 is 10.6 Å². The Morgan fingerprint density at radius 3 is 2.55 bits per heavy atom. The number of urea groups is 1. The Hall–Kier alpha value is -3.61. The van der Waals surface area contributed by atoms with Crippen molar-refractivity contribution in [2.24, 2.45) is 0 Å². The van der Waals surface area contributed by atoms with Gasteiger partial charge in [0.1, 0.15) is 0 Å². The summed E-state index contributed by atoms with van der Waals surface area (Å²) in [5, 5.41) is 10.1. The Labute approximate surface area is 169 Å². The minimum atomic E-state index is -0.244. The second-order valence-corrected chi connectivity index (χ2v) is 6.99. The molecule has 1 fully saturated rings. The number of nitrogens with zero attached hydrogens (tertiary/aromatic N) is 3. The summed E-state index contributed by atoms with van der Waals surface area (Å²) in [5.74, 6) is -0.244. The molecule has 0 spiro atoms. The summed E-state index contributed by atoms with van der Waals surface area (Å²) in [6, 6.07) is 18.7. The van der Waals surface area contributed by atoms with Crippen molar-refractivity contribution in [2.45, 2.75) is 19.4 Å². The largest absolute Gasteiger partial charge is 0.347 e. The molecule has 2 N–H and O–H groups in total. The lowest BCUT2D eigenvalue weighted by atomic mass is 10.2. The third kappa shape index (κ3) is 4.63. The highest BCUT2D eigenvalue weighted by molar-refractivity contribution is 5.92. The van der Waals surface area contributed by atoms with Crippen molar-refractivity contribution in [3.8, 4) is 5.69 Å². The molecule has 0 aliphatic carbocycles. The van der Waals surface area contributed by atoms with Gasteiger partial charge in [0, 0.05) is 31.5 Å². The third-order valence-corrected chi connectivity index (χ3v) is 4.87. The number of hydrogen-bond donors (Lipinski definition) is 2. The van der Waals surface area contributed by atoms with Crippen LogP contribution in [-0.2, 0) is 6.54 Å². The number of carbonyl (C=O) groups is 2. The van der Waals surface area contributed by atoms with Gasteiger partial charge in [-0.25, -0.2) is 9.48 Å². The van der Waals surface area contributed by atoms with Gasteiger partial charge in [0.2, 0.25) is 0 Å². The highest BCUT2D eigenvalue weighted by Gasteiger charge is 2.17. The van der Waals surface area contributed by atoms with Crippen molar-refractivity contribution in [3.63, 3.8) is 0 Å². The molecular formula is C22H23N5O2. The molecule has 0 atom stereocenters. The maximum atomic E-state index is 12.4. The number of rotatable bonds is 5. The molecule has 1 aromatic heterocycles. The maximum Gasteiger partial charge on any atom is 0.321 e. The summed E-state index contributed by atoms with van der Waals surface area (Å²) in [4.78, 5) is 26.5. The molecule has 29 heavy (non-hydrogen) atoms. The summed E-state index contributed by atoms with van der Waals surface area (Å²) in [5.41, 5.74) is 2.88. The highest BCUT2D eigenvalue weighted by atomic mass is 16.2. The summed E-state index contributed by atoms with van der Waals surface area (Å²) in [6.45, 7) is 1.96. The molecule has 0 saturated carbocycles. The van der Waals surface area contributed by atoms with Gasteiger partial charge in [-0.3, -0.25) is 4.79 Å². The van der Waals surface area contributed by atoms with Gasteiger partial charge >= 0.3 is 6.03 Å². The van der Waals surface area contributed by atoms with Crippen molar-refractivity contribution < 1.29 is 9.59 Å². The van der Waals surface area contributed by atoms with E-state index < -0.39 is 0 Å². The lowest BCUT2D eigenvalue weighted by molar-refractivity contribution is 0.0945. The lowest BCUT2D eigenvalue weighted by Crippen LogP contribution is -2.32. The SMILES string of the molecule is O=C(NCc1cccc(NC(=O)N2CCCC2)c1)c1ccn(-c2ccccc2)n1. The van der Waals surface area contributed by atoms with Gasteiger partial charge in [-0.05, 0) is 48.7 Å². The number of amides is 3. The van der Waals surface area contributed by atoms with Gasteiger partial charge in [-0.2, -0.15) is 5.10 Å². The maximum absolute atomic E-state index is 12.4. The van der Waals surface area contributed by atoms with Gasteiger partial charge in [0.05, 0.1) is 5.69 Å². The third-order valence-electron chi connectivity index (χ3n) is 4.87. The molecule has 3 amide bonds. The first-order valence-corrected chi connectivity index (χ1v) is 9.73. The molecule has 7 nitrogen and oxygen atoms in total. The fourth-order valence-corrected chi connectivity index (χ4v) is 3.32. The fraction of sp³-hybridized carbons (Fsp3) is 0.227. The van der Waals surface area contributed by atoms with E-state index in [4.69, 9.17) is 0 Å². The molecule has 0 bridgehead atoms. The van der Waals surface area contributed by atoms with Gasteiger partial charge in [0.15, 0.2) is 5.69 Å². The molecule has 7 heteroatoms. The molecule has 2 heterocycles. The van der Waals surface area contributed by atoms with Gasteiger partial charge in [-0.1, -0.05) is 30.3 Å². The first-order valence-electron chi connectivity index (χ1n) is 9.73. The number of aromatic nitrogens is 2. The molecule has 3 aromatic rings. The zero-order chi connectivity index (χ0) is 20.1. The zero-order valence-electron chi connectivity index (χ0n) is 16.0. The van der Waals surface area contributed by atoms with Crippen LogP contribution >= 0.6 is 0 Å². The van der Waals surface area contributed by atoms with Crippen LogP contribution in [0.2, 0.25) is 0 Å². The van der Waals surface area contributed by atoms with Crippen LogP contribution in [0.5, 0.6) is 0 Å². The van der Waals surface area contributed by atoms with Crippen molar-refractivity contribution in [3.05, 3.63) is 78.1 Å². The second-order valence-electron chi connectivity index (χ2n) is 6.99. The zero-order valence-corrected chi connectivity index (χ0v) is 16.0. The molecule has 4 rings (SSSR count). The average molecular weight is 389 g/mol. The summed E-state index contributed by atoms with van der Waals surface area (Å²) < 4.78 is 1.67. The van der Waals surface area contributed by atoms with Crippen LogP contribution in [0.4, 0.5) is 10.5 Å². The lowest BCUT2D eigenvalue weighted by Gasteiger charge is -2.16. The van der Waals surface area contributed by atoms with Gasteiger partial charge < -0.3 is 15.5 Å². The molecule has 148 valence electrons. The van der Waals surface area contributed by atoms with Crippen molar-refractivity contribution >= 4 is 17.6 Å². The van der Waals surface area contributed by atoms with E-state index in [9.17, 15) is 9.59 Å². The van der Waals surface area contributed by atoms with Crippen molar-refractivity contribution in [1.29, 1.82) is 0 Å². The fourth-order valence-electron chi connectivity index (χ4n) is 3.32. The number of anilines is 1. The van der Waals surface area contributed by atoms with Crippen LogP contribution in [0.15, 0.2) is 66.9 Å². The van der Waals surface area contributed by atoms with E-state index in [1.807, 2.05) is 59.5 Å². The first-order chi connectivity index (χ1) is 14.2. The first kappa shape index (κ1) is 18.7. The molecule has 0 radical (unpaired) electrons. The molecule has 0 unspecified atom stereocenters. The number of carbonyl (C=O) groups excluding carboxylic acids is 2. The highest BCUT2D eigenvalue weighted by Crippen LogP contribution is 2.14. The van der Waals surface area contributed by atoms with Crippen LogP contribution in [0.25, 0.3) is 5.69 Å². The smallest absolute Gasteiger partial charge is 0.321 e. The molecular weight excluding hydrogens is 366 g/mol. The second kappa shape index (κ2) is 8.60. The topological polar surface area (TPSA) is 79.3 Å². The van der Waals surface area contributed by atoms with E-state index in [-0.39, 0.29) is 11.9 Å². The number of para-hydroxylation sites is 1. The number of benzene rings is 2. The van der Waals surface area contributed by atoms with E-state index in [0.717, 1.165) is 42.9 Å². The Bertz CT molecular complexity index is 993. The molecule has 1 saturated heterocycles. The van der Waals surface area contributed by atoms with E-state index in [2.05, 4.69) is 15.7 Å². The van der Waals surface area contributed by atoms with Crippen LogP contribution in [0, 0.1) is 0 Å². The van der Waals surface area contributed by atoms with Crippen LogP contribution in [0.3, 0.4) is 0 Å². The quantitative estimate of drug-likeness (QED) is 0.702.